The monoisotopic (exact) mass is 403 g/mol. The van der Waals surface area contributed by atoms with E-state index in [0.29, 0.717) is 13.2 Å². The Morgan fingerprint density at radius 3 is 2.46 bits per heavy atom. The Bertz CT molecular complexity index is 822. The van der Waals surface area contributed by atoms with Crippen LogP contribution < -0.4 is 10.2 Å². The Morgan fingerprint density at radius 1 is 1.21 bits per heavy atom. The van der Waals surface area contributed by atoms with E-state index in [1.807, 2.05) is 20.8 Å². The Kier molecular flexibility index (Phi) is 6.61. The first kappa shape index (κ1) is 20.7. The lowest BCUT2D eigenvalue weighted by Gasteiger charge is -2.27. The van der Waals surface area contributed by atoms with Gasteiger partial charge in [0.1, 0.15) is 0 Å². The molecule has 0 saturated carbocycles. The van der Waals surface area contributed by atoms with Crippen LogP contribution >= 0.6 is 11.8 Å². The molecule has 0 aliphatic carbocycles. The van der Waals surface area contributed by atoms with Gasteiger partial charge in [-0.3, -0.25) is 9.36 Å². The van der Waals surface area contributed by atoms with E-state index in [2.05, 4.69) is 51.0 Å². The van der Waals surface area contributed by atoms with Crippen LogP contribution in [0.4, 0.5) is 11.6 Å². The average molecular weight is 404 g/mol. The van der Waals surface area contributed by atoms with Crippen molar-refractivity contribution < 1.29 is 9.53 Å². The molecule has 0 spiro atoms. The molecule has 2 aromatic rings. The summed E-state index contributed by atoms with van der Waals surface area (Å²) in [6.07, 6.45) is 0. The molecule has 1 aromatic carbocycles. The van der Waals surface area contributed by atoms with E-state index >= 15 is 0 Å². The van der Waals surface area contributed by atoms with Gasteiger partial charge in [0.05, 0.1) is 18.5 Å². The molecule has 3 rings (SSSR count). The summed E-state index contributed by atoms with van der Waals surface area (Å²) in [6.45, 7) is 13.9. The average Bonchev–Trinajstić information content (AvgIpc) is 3.07. The standard InChI is InChI=1S/C20H29N5O2S/c1-6-25-19(24-7-9-27-10-8-24)22-23-20(25)28-16(5)18(26)21-17-14(3)11-13(2)12-15(17)4/h11-12,16H,6-10H2,1-5H3,(H,21,26)/t16-/m0/s1. The zero-order valence-corrected chi connectivity index (χ0v) is 18.1. The van der Waals surface area contributed by atoms with Crippen molar-refractivity contribution in [1.82, 2.24) is 14.8 Å². The number of anilines is 2. The highest BCUT2D eigenvalue weighted by Crippen LogP contribution is 2.28. The Labute approximate surface area is 170 Å². The van der Waals surface area contributed by atoms with Crippen molar-refractivity contribution in [2.45, 2.75) is 51.6 Å². The molecule has 1 aromatic heterocycles. The third-order valence-corrected chi connectivity index (χ3v) is 5.96. The molecular formula is C20H29N5O2S. The van der Waals surface area contributed by atoms with E-state index in [4.69, 9.17) is 4.74 Å². The minimum absolute atomic E-state index is 0.0290. The molecule has 0 bridgehead atoms. The number of nitrogens with zero attached hydrogens (tertiary/aromatic N) is 4. The molecule has 1 aliphatic rings. The maximum atomic E-state index is 12.8. The number of hydrogen-bond acceptors (Lipinski definition) is 6. The summed E-state index contributed by atoms with van der Waals surface area (Å²) < 4.78 is 7.50. The Balaban J connectivity index is 1.71. The summed E-state index contributed by atoms with van der Waals surface area (Å²) in [5.41, 5.74) is 4.25. The van der Waals surface area contributed by atoms with E-state index in [0.717, 1.165) is 47.6 Å². The summed E-state index contributed by atoms with van der Waals surface area (Å²) >= 11 is 1.44. The smallest absolute Gasteiger partial charge is 0.237 e. The third kappa shape index (κ3) is 4.50. The normalized spacial score (nSPS) is 15.5. The van der Waals surface area contributed by atoms with Crippen LogP contribution in [0, 0.1) is 20.8 Å². The zero-order valence-electron chi connectivity index (χ0n) is 17.3. The summed E-state index contributed by atoms with van der Waals surface area (Å²) in [5, 5.41) is 12.3. The van der Waals surface area contributed by atoms with Gasteiger partial charge in [0.2, 0.25) is 11.9 Å². The Morgan fingerprint density at radius 2 is 1.86 bits per heavy atom. The number of rotatable bonds is 6. The lowest BCUT2D eigenvalue weighted by atomic mass is 10.1. The fraction of sp³-hybridized carbons (Fsp3) is 0.550. The lowest BCUT2D eigenvalue weighted by molar-refractivity contribution is -0.115. The van der Waals surface area contributed by atoms with Crippen molar-refractivity contribution in [2.24, 2.45) is 0 Å². The lowest BCUT2D eigenvalue weighted by Crippen LogP contribution is -2.38. The highest BCUT2D eigenvalue weighted by atomic mass is 32.2. The molecule has 0 radical (unpaired) electrons. The molecule has 0 unspecified atom stereocenters. The molecule has 1 atom stereocenters. The first-order chi connectivity index (χ1) is 13.4. The van der Waals surface area contributed by atoms with Crippen molar-refractivity contribution in [3.8, 4) is 0 Å². The van der Waals surface area contributed by atoms with Crippen molar-refractivity contribution in [3.63, 3.8) is 0 Å². The van der Waals surface area contributed by atoms with Crippen LogP contribution in [-0.4, -0.2) is 52.2 Å². The molecular weight excluding hydrogens is 374 g/mol. The molecule has 152 valence electrons. The predicted octanol–water partition coefficient (Wildman–Crippen LogP) is 3.18. The number of carbonyl (C=O) groups excluding carboxylic acids is 1. The number of nitrogens with one attached hydrogen (secondary N) is 1. The maximum Gasteiger partial charge on any atom is 0.237 e. The van der Waals surface area contributed by atoms with Gasteiger partial charge in [-0.1, -0.05) is 29.5 Å². The second kappa shape index (κ2) is 8.96. The van der Waals surface area contributed by atoms with Crippen LogP contribution in [0.15, 0.2) is 17.3 Å². The molecule has 28 heavy (non-hydrogen) atoms. The zero-order chi connectivity index (χ0) is 20.3. The minimum atomic E-state index is -0.285. The maximum absolute atomic E-state index is 12.8. The first-order valence-electron chi connectivity index (χ1n) is 9.72. The number of benzene rings is 1. The second-order valence-electron chi connectivity index (χ2n) is 7.15. The van der Waals surface area contributed by atoms with Crippen molar-refractivity contribution in [3.05, 3.63) is 28.8 Å². The van der Waals surface area contributed by atoms with Gasteiger partial charge in [0.15, 0.2) is 5.16 Å². The summed E-state index contributed by atoms with van der Waals surface area (Å²) in [7, 11) is 0. The predicted molar refractivity (Wildman–Crippen MR) is 113 cm³/mol. The van der Waals surface area contributed by atoms with Crippen LogP contribution in [0.3, 0.4) is 0 Å². The number of aromatic nitrogens is 3. The summed E-state index contributed by atoms with van der Waals surface area (Å²) in [6, 6.07) is 4.17. The van der Waals surface area contributed by atoms with Crippen LogP contribution in [0.25, 0.3) is 0 Å². The summed E-state index contributed by atoms with van der Waals surface area (Å²) in [4.78, 5) is 15.0. The van der Waals surface area contributed by atoms with Gasteiger partial charge in [-0.25, -0.2) is 0 Å². The van der Waals surface area contributed by atoms with E-state index in [-0.39, 0.29) is 11.2 Å². The van der Waals surface area contributed by atoms with Crippen LogP contribution in [0.2, 0.25) is 0 Å². The Hall–Kier alpha value is -2.06. The van der Waals surface area contributed by atoms with Crippen molar-refractivity contribution >= 4 is 29.3 Å². The molecule has 8 heteroatoms. The molecule has 1 N–H and O–H groups in total. The van der Waals surface area contributed by atoms with Crippen LogP contribution in [0.1, 0.15) is 30.5 Å². The fourth-order valence-corrected chi connectivity index (χ4v) is 4.36. The number of morpholine rings is 1. The van der Waals surface area contributed by atoms with Crippen molar-refractivity contribution in [2.75, 3.05) is 36.5 Å². The first-order valence-corrected chi connectivity index (χ1v) is 10.6. The highest BCUT2D eigenvalue weighted by molar-refractivity contribution is 8.00. The van der Waals surface area contributed by atoms with Gasteiger partial charge in [0, 0.05) is 25.3 Å². The van der Waals surface area contributed by atoms with E-state index in [1.165, 1.54) is 17.3 Å². The number of thioether (sulfide) groups is 1. The molecule has 1 saturated heterocycles. The number of amides is 1. The topological polar surface area (TPSA) is 72.3 Å². The van der Waals surface area contributed by atoms with E-state index in [9.17, 15) is 4.79 Å². The minimum Gasteiger partial charge on any atom is -0.378 e. The molecule has 1 amide bonds. The van der Waals surface area contributed by atoms with Gasteiger partial charge in [0.25, 0.3) is 0 Å². The van der Waals surface area contributed by atoms with Crippen LogP contribution in [-0.2, 0) is 16.1 Å². The molecule has 2 heterocycles. The van der Waals surface area contributed by atoms with E-state index in [1.54, 1.807) is 0 Å². The van der Waals surface area contributed by atoms with Gasteiger partial charge in [-0.15, -0.1) is 10.2 Å². The van der Waals surface area contributed by atoms with Gasteiger partial charge < -0.3 is 15.0 Å². The SMILES string of the molecule is CCn1c(S[C@@H](C)C(=O)Nc2c(C)cc(C)cc2C)nnc1N1CCOCC1. The second-order valence-corrected chi connectivity index (χ2v) is 8.46. The number of ether oxygens (including phenoxy) is 1. The molecule has 1 aliphatic heterocycles. The number of aryl methyl sites for hydroxylation is 3. The van der Waals surface area contributed by atoms with Crippen molar-refractivity contribution in [1.29, 1.82) is 0 Å². The third-order valence-electron chi connectivity index (χ3n) is 4.88. The number of carbonyl (C=O) groups is 1. The summed E-state index contributed by atoms with van der Waals surface area (Å²) in [5.74, 6) is 0.824. The largest absolute Gasteiger partial charge is 0.378 e. The van der Waals surface area contributed by atoms with Gasteiger partial charge >= 0.3 is 0 Å². The highest BCUT2D eigenvalue weighted by Gasteiger charge is 2.23. The fourth-order valence-electron chi connectivity index (χ4n) is 3.46. The van der Waals surface area contributed by atoms with E-state index < -0.39 is 0 Å². The van der Waals surface area contributed by atoms with Gasteiger partial charge in [-0.05, 0) is 45.7 Å². The van der Waals surface area contributed by atoms with Gasteiger partial charge in [-0.2, -0.15) is 0 Å². The number of hydrogen-bond donors (Lipinski definition) is 1. The molecule has 1 fully saturated rings. The quantitative estimate of drug-likeness (QED) is 0.747. The molecule has 7 nitrogen and oxygen atoms in total. The van der Waals surface area contributed by atoms with Crippen LogP contribution in [0.5, 0.6) is 0 Å².